The Labute approximate surface area is 66.7 Å². The van der Waals surface area contributed by atoms with Crippen LogP contribution in [0.15, 0.2) is 18.6 Å². The minimum absolute atomic E-state index is 0.637. The molecule has 1 aliphatic rings. The fraction of sp³-hybridized carbons (Fsp3) is 0.556. The lowest BCUT2D eigenvalue weighted by Crippen LogP contribution is -1.98. The van der Waals surface area contributed by atoms with Gasteiger partial charge in [0.2, 0.25) is 0 Å². The molecule has 2 rings (SSSR count). The van der Waals surface area contributed by atoms with Crippen molar-refractivity contribution < 1.29 is 0 Å². The van der Waals surface area contributed by atoms with Gasteiger partial charge in [-0.1, -0.05) is 6.92 Å². The Morgan fingerprint density at radius 1 is 1.55 bits per heavy atom. The van der Waals surface area contributed by atoms with E-state index < -0.39 is 0 Å². The Balaban J connectivity index is 2.15. The van der Waals surface area contributed by atoms with E-state index in [1.165, 1.54) is 18.5 Å². The van der Waals surface area contributed by atoms with Crippen molar-refractivity contribution in [1.82, 2.24) is 9.97 Å². The molecule has 0 spiro atoms. The Morgan fingerprint density at radius 2 is 2.36 bits per heavy atom. The minimum atomic E-state index is 0.637. The Kier molecular flexibility index (Phi) is 1.60. The molecule has 1 aromatic rings. The van der Waals surface area contributed by atoms with Crippen LogP contribution in [0.1, 0.15) is 31.4 Å². The third-order valence-electron chi connectivity index (χ3n) is 2.40. The van der Waals surface area contributed by atoms with E-state index in [-0.39, 0.29) is 0 Å². The van der Waals surface area contributed by atoms with Crippen LogP contribution in [0.2, 0.25) is 0 Å². The van der Waals surface area contributed by atoms with Gasteiger partial charge >= 0.3 is 0 Å². The zero-order valence-electron chi connectivity index (χ0n) is 6.70. The molecule has 1 aromatic heterocycles. The number of hydrogen-bond donors (Lipinski definition) is 0. The van der Waals surface area contributed by atoms with Gasteiger partial charge in [-0.3, -0.25) is 0 Å². The van der Waals surface area contributed by atoms with Crippen molar-refractivity contribution in [3.05, 3.63) is 24.3 Å². The highest BCUT2D eigenvalue weighted by Crippen LogP contribution is 2.41. The van der Waals surface area contributed by atoms with E-state index in [0.717, 1.165) is 5.92 Å². The average molecular weight is 148 g/mol. The molecule has 1 unspecified atom stereocenters. The molecule has 1 heterocycles. The maximum Gasteiger partial charge on any atom is 0.115 e. The molecule has 0 amide bonds. The fourth-order valence-electron chi connectivity index (χ4n) is 1.41. The quantitative estimate of drug-likeness (QED) is 0.641. The number of nitrogens with zero attached hydrogens (tertiary/aromatic N) is 2. The fourth-order valence-corrected chi connectivity index (χ4v) is 1.41. The zero-order chi connectivity index (χ0) is 7.68. The predicted molar refractivity (Wildman–Crippen MR) is 43.2 cm³/mol. The number of rotatable bonds is 2. The Morgan fingerprint density at radius 3 is 2.91 bits per heavy atom. The molecule has 58 valence electrons. The molecule has 0 aliphatic heterocycles. The second kappa shape index (κ2) is 2.61. The van der Waals surface area contributed by atoms with Crippen LogP contribution in [-0.2, 0) is 0 Å². The van der Waals surface area contributed by atoms with Crippen LogP contribution in [0.3, 0.4) is 0 Å². The summed E-state index contributed by atoms with van der Waals surface area (Å²) in [6.07, 6.45) is 6.21. The molecule has 1 atom stereocenters. The van der Waals surface area contributed by atoms with Crippen molar-refractivity contribution in [3.8, 4) is 0 Å². The number of hydrogen-bond acceptors (Lipinski definition) is 2. The van der Waals surface area contributed by atoms with Crippen LogP contribution < -0.4 is 0 Å². The first kappa shape index (κ1) is 6.77. The molecule has 2 nitrogen and oxygen atoms in total. The molecule has 11 heavy (non-hydrogen) atoms. The maximum absolute atomic E-state index is 4.23. The third kappa shape index (κ3) is 1.39. The molecule has 1 saturated carbocycles. The number of aromatic nitrogens is 2. The smallest absolute Gasteiger partial charge is 0.115 e. The summed E-state index contributed by atoms with van der Waals surface area (Å²) in [5.41, 5.74) is 1.20. The van der Waals surface area contributed by atoms with Crippen LogP contribution in [0.25, 0.3) is 0 Å². The van der Waals surface area contributed by atoms with Crippen LogP contribution in [0.4, 0.5) is 0 Å². The molecule has 0 bridgehead atoms. The first-order valence-corrected chi connectivity index (χ1v) is 4.14. The summed E-state index contributed by atoms with van der Waals surface area (Å²) in [6, 6.07) is 2.02. The van der Waals surface area contributed by atoms with Gasteiger partial charge in [0, 0.05) is 17.8 Å². The highest BCUT2D eigenvalue weighted by Gasteiger charge is 2.29. The second-order valence-electron chi connectivity index (χ2n) is 3.26. The highest BCUT2D eigenvalue weighted by atomic mass is 14.8. The summed E-state index contributed by atoms with van der Waals surface area (Å²) in [4.78, 5) is 8.13. The summed E-state index contributed by atoms with van der Waals surface area (Å²) in [5.74, 6) is 1.53. The van der Waals surface area contributed by atoms with Crippen LogP contribution in [-0.4, -0.2) is 9.97 Å². The van der Waals surface area contributed by atoms with Crippen LogP contribution in [0, 0.1) is 5.92 Å². The van der Waals surface area contributed by atoms with E-state index in [4.69, 9.17) is 0 Å². The van der Waals surface area contributed by atoms with Gasteiger partial charge < -0.3 is 0 Å². The summed E-state index contributed by atoms with van der Waals surface area (Å²) < 4.78 is 0. The SMILES string of the molecule is CC(c1ccncn1)C1CC1. The molecule has 0 N–H and O–H groups in total. The van der Waals surface area contributed by atoms with Gasteiger partial charge in [0.05, 0.1) is 0 Å². The van der Waals surface area contributed by atoms with E-state index >= 15 is 0 Å². The zero-order valence-corrected chi connectivity index (χ0v) is 6.70. The maximum atomic E-state index is 4.23. The van der Waals surface area contributed by atoms with E-state index in [1.807, 2.05) is 12.3 Å². The predicted octanol–water partition coefficient (Wildman–Crippen LogP) is 1.99. The van der Waals surface area contributed by atoms with Crippen molar-refractivity contribution in [1.29, 1.82) is 0 Å². The molecular weight excluding hydrogens is 136 g/mol. The van der Waals surface area contributed by atoms with Gasteiger partial charge in [0.25, 0.3) is 0 Å². The van der Waals surface area contributed by atoms with Gasteiger partial charge in [-0.2, -0.15) is 0 Å². The van der Waals surface area contributed by atoms with Gasteiger partial charge in [-0.15, -0.1) is 0 Å². The van der Waals surface area contributed by atoms with Gasteiger partial charge in [0.1, 0.15) is 6.33 Å². The summed E-state index contributed by atoms with van der Waals surface area (Å²) in [7, 11) is 0. The Hall–Kier alpha value is -0.920. The lowest BCUT2D eigenvalue weighted by atomic mass is 10.0. The summed E-state index contributed by atoms with van der Waals surface area (Å²) in [6.45, 7) is 2.25. The van der Waals surface area contributed by atoms with E-state index in [2.05, 4.69) is 16.9 Å². The van der Waals surface area contributed by atoms with Crippen molar-refractivity contribution in [3.63, 3.8) is 0 Å². The van der Waals surface area contributed by atoms with Gasteiger partial charge in [-0.25, -0.2) is 9.97 Å². The normalized spacial score (nSPS) is 19.7. The van der Waals surface area contributed by atoms with Crippen LogP contribution >= 0.6 is 0 Å². The van der Waals surface area contributed by atoms with Gasteiger partial charge in [0.15, 0.2) is 0 Å². The monoisotopic (exact) mass is 148 g/mol. The standard InChI is InChI=1S/C9H12N2/c1-7(8-2-3-8)9-4-5-10-6-11-9/h4-8H,2-3H2,1H3. The van der Waals surface area contributed by atoms with E-state index in [1.54, 1.807) is 6.33 Å². The van der Waals surface area contributed by atoms with Crippen molar-refractivity contribution >= 4 is 0 Å². The average Bonchev–Trinajstić information content (AvgIpc) is 2.87. The molecule has 1 aliphatic carbocycles. The largest absolute Gasteiger partial charge is 0.245 e. The first-order valence-electron chi connectivity index (χ1n) is 4.14. The second-order valence-corrected chi connectivity index (χ2v) is 3.26. The lowest BCUT2D eigenvalue weighted by Gasteiger charge is -2.06. The molecule has 0 saturated heterocycles. The third-order valence-corrected chi connectivity index (χ3v) is 2.40. The molecule has 0 radical (unpaired) electrons. The summed E-state index contributed by atoms with van der Waals surface area (Å²) in [5, 5.41) is 0. The van der Waals surface area contributed by atoms with Gasteiger partial charge in [-0.05, 0) is 24.8 Å². The molecule has 1 fully saturated rings. The van der Waals surface area contributed by atoms with E-state index in [9.17, 15) is 0 Å². The topological polar surface area (TPSA) is 25.8 Å². The highest BCUT2D eigenvalue weighted by molar-refractivity contribution is 5.08. The molecule has 0 aromatic carbocycles. The van der Waals surface area contributed by atoms with Crippen molar-refractivity contribution in [2.24, 2.45) is 5.92 Å². The van der Waals surface area contributed by atoms with Crippen molar-refractivity contribution in [2.45, 2.75) is 25.7 Å². The van der Waals surface area contributed by atoms with E-state index in [0.29, 0.717) is 5.92 Å². The molecular formula is C9H12N2. The first-order chi connectivity index (χ1) is 5.38. The lowest BCUT2D eigenvalue weighted by molar-refractivity contribution is 0.641. The Bertz CT molecular complexity index is 229. The van der Waals surface area contributed by atoms with Crippen molar-refractivity contribution in [2.75, 3.05) is 0 Å². The summed E-state index contributed by atoms with van der Waals surface area (Å²) >= 11 is 0. The van der Waals surface area contributed by atoms with Crippen LogP contribution in [0.5, 0.6) is 0 Å². The minimum Gasteiger partial charge on any atom is -0.245 e. The molecule has 2 heteroatoms.